The molecule has 3 aromatic carbocycles. The van der Waals surface area contributed by atoms with Gasteiger partial charge in [-0.3, -0.25) is 4.79 Å². The number of benzene rings is 3. The van der Waals surface area contributed by atoms with Crippen LogP contribution in [0.1, 0.15) is 21.5 Å². The van der Waals surface area contributed by atoms with Gasteiger partial charge in [0.2, 0.25) is 5.91 Å². The summed E-state index contributed by atoms with van der Waals surface area (Å²) in [6.07, 6.45) is 0. The standard InChI is InChI=1S/C24H18I2N2O6S/c1-33-24(30)17-8-10-20(11-9-17)34-35(31,32)15-22(29)28(19-6-2-4-16(12-19)13-27)14-18-5-3-7-21(25)23(18)26/h2-12H,14-15H2,1H3. The largest absolute Gasteiger partial charge is 0.465 e. The van der Waals surface area contributed by atoms with Crippen LogP contribution in [0, 0.1) is 18.5 Å². The Kier molecular flexibility index (Phi) is 9.09. The number of methoxy groups -OCH3 is 1. The predicted octanol–water partition coefficient (Wildman–Crippen LogP) is 4.50. The van der Waals surface area contributed by atoms with Gasteiger partial charge in [-0.25, -0.2) is 4.79 Å². The second-order valence-electron chi connectivity index (χ2n) is 7.16. The van der Waals surface area contributed by atoms with Gasteiger partial charge in [0, 0.05) is 12.8 Å². The summed E-state index contributed by atoms with van der Waals surface area (Å²) in [5.74, 6) is -2.27. The Hall–Kier alpha value is -2.70. The highest BCUT2D eigenvalue weighted by Crippen LogP contribution is 2.25. The van der Waals surface area contributed by atoms with Crippen LogP contribution in [-0.4, -0.2) is 33.2 Å². The van der Waals surface area contributed by atoms with Crippen molar-refractivity contribution in [2.24, 2.45) is 0 Å². The number of carbonyl (C=O) groups excluding carboxylic acids is 2. The number of hydrogen-bond donors (Lipinski definition) is 0. The van der Waals surface area contributed by atoms with Gasteiger partial charge in [-0.2, -0.15) is 13.7 Å². The number of rotatable bonds is 8. The molecule has 0 saturated carbocycles. The third-order valence-electron chi connectivity index (χ3n) is 4.75. The van der Waals surface area contributed by atoms with E-state index < -0.39 is 27.7 Å². The summed E-state index contributed by atoms with van der Waals surface area (Å²) in [6, 6.07) is 19.4. The summed E-state index contributed by atoms with van der Waals surface area (Å²) < 4.78 is 37.0. The number of amides is 1. The van der Waals surface area contributed by atoms with Gasteiger partial charge < -0.3 is 13.8 Å². The molecule has 8 nitrogen and oxygen atoms in total. The molecule has 0 aliphatic carbocycles. The van der Waals surface area contributed by atoms with Gasteiger partial charge >= 0.3 is 16.1 Å². The van der Waals surface area contributed by atoms with Crippen molar-refractivity contribution < 1.29 is 26.9 Å². The lowest BCUT2D eigenvalue weighted by atomic mass is 10.1. The number of esters is 1. The third kappa shape index (κ3) is 7.15. The fourth-order valence-corrected chi connectivity index (χ4v) is 5.08. The molecule has 1 amide bonds. The van der Waals surface area contributed by atoms with Crippen LogP contribution in [0.25, 0.3) is 0 Å². The Bertz CT molecular complexity index is 1400. The monoisotopic (exact) mass is 716 g/mol. The summed E-state index contributed by atoms with van der Waals surface area (Å²) in [5, 5.41) is 9.27. The van der Waals surface area contributed by atoms with E-state index in [4.69, 9.17) is 4.18 Å². The van der Waals surface area contributed by atoms with Gasteiger partial charge in [-0.1, -0.05) is 18.2 Å². The Morgan fingerprint density at radius 2 is 1.71 bits per heavy atom. The van der Waals surface area contributed by atoms with Crippen molar-refractivity contribution in [3.63, 3.8) is 0 Å². The lowest BCUT2D eigenvalue weighted by molar-refractivity contribution is -0.116. The highest BCUT2D eigenvalue weighted by Gasteiger charge is 2.26. The normalized spacial score (nSPS) is 10.8. The highest BCUT2D eigenvalue weighted by molar-refractivity contribution is 14.1. The highest BCUT2D eigenvalue weighted by atomic mass is 127. The van der Waals surface area contributed by atoms with E-state index in [2.05, 4.69) is 49.9 Å². The second kappa shape index (κ2) is 11.8. The van der Waals surface area contributed by atoms with Crippen LogP contribution in [0.2, 0.25) is 0 Å². The lowest BCUT2D eigenvalue weighted by Crippen LogP contribution is -2.37. The molecule has 0 bridgehead atoms. The van der Waals surface area contributed by atoms with Crippen LogP contribution in [0.3, 0.4) is 0 Å². The van der Waals surface area contributed by atoms with Crippen LogP contribution in [0.4, 0.5) is 5.69 Å². The number of ether oxygens (including phenoxy) is 1. The van der Waals surface area contributed by atoms with E-state index >= 15 is 0 Å². The van der Waals surface area contributed by atoms with E-state index in [1.165, 1.54) is 42.3 Å². The van der Waals surface area contributed by atoms with Gasteiger partial charge in [0.15, 0.2) is 5.75 Å². The van der Waals surface area contributed by atoms with Crippen molar-refractivity contribution in [1.82, 2.24) is 0 Å². The fourth-order valence-electron chi connectivity index (χ4n) is 3.08. The van der Waals surface area contributed by atoms with E-state index in [0.717, 1.165) is 12.7 Å². The molecule has 0 N–H and O–H groups in total. The maximum Gasteiger partial charge on any atom is 0.337 e. The van der Waals surface area contributed by atoms with Crippen LogP contribution in [0.5, 0.6) is 5.75 Å². The second-order valence-corrected chi connectivity index (χ2v) is 11.0. The van der Waals surface area contributed by atoms with Gasteiger partial charge in [-0.15, -0.1) is 0 Å². The zero-order valence-electron chi connectivity index (χ0n) is 18.3. The molecule has 11 heteroatoms. The molecular weight excluding hydrogens is 698 g/mol. The quantitative estimate of drug-likeness (QED) is 0.192. The minimum absolute atomic E-state index is 0.0457. The Labute approximate surface area is 230 Å². The molecule has 0 spiro atoms. The van der Waals surface area contributed by atoms with E-state index in [9.17, 15) is 23.3 Å². The summed E-state index contributed by atoms with van der Waals surface area (Å²) in [5.41, 5.74) is 1.78. The molecule has 0 aliphatic heterocycles. The molecule has 0 atom stereocenters. The van der Waals surface area contributed by atoms with Crippen LogP contribution in [0.15, 0.2) is 66.7 Å². The van der Waals surface area contributed by atoms with Crippen LogP contribution < -0.4 is 9.08 Å². The number of halogens is 2. The van der Waals surface area contributed by atoms with Gasteiger partial charge in [-0.05, 0) is 99.3 Å². The van der Waals surface area contributed by atoms with Gasteiger partial charge in [0.05, 0.1) is 30.9 Å². The molecule has 0 saturated heterocycles. The average Bonchev–Trinajstić information content (AvgIpc) is 2.84. The number of hydrogen-bond acceptors (Lipinski definition) is 7. The van der Waals surface area contributed by atoms with Crippen LogP contribution in [-0.2, 0) is 26.2 Å². The Morgan fingerprint density at radius 3 is 2.37 bits per heavy atom. The molecule has 0 aliphatic rings. The summed E-state index contributed by atoms with van der Waals surface area (Å²) in [7, 11) is -3.09. The topological polar surface area (TPSA) is 114 Å². The SMILES string of the molecule is COC(=O)c1ccc(OS(=O)(=O)CC(=O)N(Cc2cccc(I)c2I)c2cccc(C#N)c2)cc1. The maximum absolute atomic E-state index is 13.3. The number of anilines is 1. The molecule has 0 unspecified atom stereocenters. The molecule has 0 aromatic heterocycles. The van der Waals surface area contributed by atoms with E-state index in [1.54, 1.807) is 18.2 Å². The van der Waals surface area contributed by atoms with Crippen LogP contribution >= 0.6 is 45.2 Å². The maximum atomic E-state index is 13.3. The van der Waals surface area contributed by atoms with E-state index in [1.807, 2.05) is 24.3 Å². The van der Waals surface area contributed by atoms with Crippen molar-refractivity contribution in [2.75, 3.05) is 17.8 Å². The smallest absolute Gasteiger partial charge is 0.337 e. The average molecular weight is 716 g/mol. The minimum atomic E-state index is -4.33. The first-order chi connectivity index (χ1) is 16.6. The van der Waals surface area contributed by atoms with E-state index in [0.29, 0.717) is 11.3 Å². The van der Waals surface area contributed by atoms with Crippen molar-refractivity contribution in [2.45, 2.75) is 6.54 Å². The zero-order chi connectivity index (χ0) is 25.6. The number of carbonyl (C=O) groups is 2. The predicted molar refractivity (Wildman–Crippen MR) is 146 cm³/mol. The van der Waals surface area contributed by atoms with Gasteiger partial charge in [0.25, 0.3) is 0 Å². The molecule has 0 radical (unpaired) electrons. The van der Waals surface area contributed by atoms with Crippen molar-refractivity contribution in [3.8, 4) is 11.8 Å². The summed E-state index contributed by atoms with van der Waals surface area (Å²) >= 11 is 4.36. The molecule has 180 valence electrons. The Balaban J connectivity index is 1.87. The molecule has 0 heterocycles. The minimum Gasteiger partial charge on any atom is -0.465 e. The molecule has 3 aromatic rings. The van der Waals surface area contributed by atoms with Crippen molar-refractivity contribution in [3.05, 3.63) is 90.6 Å². The lowest BCUT2D eigenvalue weighted by Gasteiger charge is -2.24. The number of nitrogens with zero attached hydrogens (tertiary/aromatic N) is 2. The first-order valence-electron chi connectivity index (χ1n) is 9.97. The van der Waals surface area contributed by atoms with Gasteiger partial charge in [0.1, 0.15) is 5.75 Å². The zero-order valence-corrected chi connectivity index (χ0v) is 23.4. The first kappa shape index (κ1) is 26.9. The molecule has 0 fully saturated rings. The molecule has 3 rings (SSSR count). The van der Waals surface area contributed by atoms with E-state index in [-0.39, 0.29) is 17.9 Å². The van der Waals surface area contributed by atoms with Crippen molar-refractivity contribution >= 4 is 72.9 Å². The third-order valence-corrected chi connectivity index (χ3v) is 9.00. The first-order valence-corrected chi connectivity index (χ1v) is 13.7. The fraction of sp³-hybridized carbons (Fsp3) is 0.125. The Morgan fingerprint density at radius 1 is 1.03 bits per heavy atom. The molecule has 35 heavy (non-hydrogen) atoms. The summed E-state index contributed by atoms with van der Waals surface area (Å²) in [4.78, 5) is 26.1. The number of nitriles is 1. The van der Waals surface area contributed by atoms with Crippen molar-refractivity contribution in [1.29, 1.82) is 5.26 Å². The summed E-state index contributed by atoms with van der Waals surface area (Å²) in [6.45, 7) is 0.103. The molecular formula is C24H18I2N2O6S.